The van der Waals surface area contributed by atoms with E-state index in [4.69, 9.17) is 15.3 Å². The molecule has 0 aliphatic rings. The molecule has 0 spiro atoms. The largest absolute Gasteiger partial charge is 0.471 e. The molecular formula is C8H13BrN4O2. The molecule has 0 saturated carbocycles. The van der Waals surface area contributed by atoms with Gasteiger partial charge in [0.1, 0.15) is 6.10 Å². The highest BCUT2D eigenvalue weighted by Crippen LogP contribution is 2.23. The van der Waals surface area contributed by atoms with Gasteiger partial charge in [-0.1, -0.05) is 0 Å². The van der Waals surface area contributed by atoms with Gasteiger partial charge in [0.2, 0.25) is 11.8 Å². The first-order valence-electron chi connectivity index (χ1n) is 4.32. The van der Waals surface area contributed by atoms with Crippen molar-refractivity contribution in [2.45, 2.75) is 13.0 Å². The molecule has 0 amide bonds. The Balaban J connectivity index is 2.74. The van der Waals surface area contributed by atoms with Crippen molar-refractivity contribution in [3.8, 4) is 5.88 Å². The minimum atomic E-state index is -0.0909. The monoisotopic (exact) mass is 276 g/mol. The number of hydrogen-bond donors (Lipinski definition) is 2. The van der Waals surface area contributed by atoms with Crippen molar-refractivity contribution in [3.05, 3.63) is 10.7 Å². The number of aromatic nitrogens is 2. The normalized spacial score (nSPS) is 12.3. The van der Waals surface area contributed by atoms with E-state index in [9.17, 15) is 0 Å². The summed E-state index contributed by atoms with van der Waals surface area (Å²) in [5, 5.41) is 0. The quantitative estimate of drug-likeness (QED) is 0.615. The highest BCUT2D eigenvalue weighted by atomic mass is 79.9. The number of nitrogens with two attached hydrogens (primary N) is 1. The average Bonchev–Trinajstić information content (AvgIpc) is 2.21. The summed E-state index contributed by atoms with van der Waals surface area (Å²) in [6.07, 6.45) is 1.48. The van der Waals surface area contributed by atoms with Crippen molar-refractivity contribution in [1.29, 1.82) is 0 Å². The zero-order valence-corrected chi connectivity index (χ0v) is 10.1. The summed E-state index contributed by atoms with van der Waals surface area (Å²) in [5.41, 5.74) is 2.35. The van der Waals surface area contributed by atoms with Gasteiger partial charge in [0.25, 0.3) is 0 Å². The molecule has 0 aliphatic carbocycles. The molecule has 0 bridgehead atoms. The number of hydrazine groups is 1. The lowest BCUT2D eigenvalue weighted by atomic mass is 10.4. The minimum absolute atomic E-state index is 0.0909. The standard InChI is InChI=1S/C8H13BrN4O2/c1-5(4-14-2)15-7-6(9)3-11-8(12-7)13-10/h3,5H,4,10H2,1-2H3,(H,11,12,13). The number of anilines is 1. The highest BCUT2D eigenvalue weighted by molar-refractivity contribution is 9.10. The number of rotatable bonds is 5. The van der Waals surface area contributed by atoms with Gasteiger partial charge in [0.15, 0.2) is 0 Å². The lowest BCUT2D eigenvalue weighted by molar-refractivity contribution is 0.0884. The predicted octanol–water partition coefficient (Wildman–Crippen LogP) is 0.938. The fourth-order valence-electron chi connectivity index (χ4n) is 0.963. The SMILES string of the molecule is COCC(C)Oc1nc(NN)ncc1Br. The molecule has 15 heavy (non-hydrogen) atoms. The number of nitrogens with one attached hydrogen (secondary N) is 1. The van der Waals surface area contributed by atoms with E-state index < -0.39 is 0 Å². The lowest BCUT2D eigenvalue weighted by Crippen LogP contribution is -2.19. The van der Waals surface area contributed by atoms with Crippen LogP contribution in [0, 0.1) is 0 Å². The van der Waals surface area contributed by atoms with Gasteiger partial charge in [-0.3, -0.25) is 5.43 Å². The van der Waals surface area contributed by atoms with Crippen LogP contribution in [0.1, 0.15) is 6.92 Å². The van der Waals surface area contributed by atoms with Gasteiger partial charge in [-0.05, 0) is 22.9 Å². The molecule has 3 N–H and O–H groups in total. The van der Waals surface area contributed by atoms with Gasteiger partial charge in [-0.15, -0.1) is 0 Å². The van der Waals surface area contributed by atoms with Crippen LogP contribution in [0.3, 0.4) is 0 Å². The second-order valence-corrected chi connectivity index (χ2v) is 3.73. The molecule has 7 heteroatoms. The summed E-state index contributed by atoms with van der Waals surface area (Å²) < 4.78 is 11.1. The van der Waals surface area contributed by atoms with Crippen LogP contribution in [-0.4, -0.2) is 29.8 Å². The Hall–Kier alpha value is -0.920. The first-order chi connectivity index (χ1) is 7.17. The van der Waals surface area contributed by atoms with E-state index in [1.807, 2.05) is 6.92 Å². The molecule has 0 fully saturated rings. The number of nitrogen functional groups attached to an aromatic ring is 1. The van der Waals surface area contributed by atoms with Gasteiger partial charge in [0, 0.05) is 7.11 Å². The molecule has 6 nitrogen and oxygen atoms in total. The Kier molecular flexibility index (Phi) is 4.73. The Bertz CT molecular complexity index is 324. The molecule has 1 aromatic rings. The summed E-state index contributed by atoms with van der Waals surface area (Å²) in [5.74, 6) is 5.92. The van der Waals surface area contributed by atoms with Crippen molar-refractivity contribution in [2.24, 2.45) is 5.84 Å². The van der Waals surface area contributed by atoms with Crippen LogP contribution in [-0.2, 0) is 4.74 Å². The topological polar surface area (TPSA) is 82.3 Å². The third kappa shape index (κ3) is 3.61. The van der Waals surface area contributed by atoms with E-state index in [-0.39, 0.29) is 6.10 Å². The first-order valence-corrected chi connectivity index (χ1v) is 5.11. The summed E-state index contributed by atoms with van der Waals surface area (Å²) in [6.45, 7) is 2.37. The maximum Gasteiger partial charge on any atom is 0.240 e. The van der Waals surface area contributed by atoms with Crippen molar-refractivity contribution in [3.63, 3.8) is 0 Å². The van der Waals surface area contributed by atoms with E-state index in [1.54, 1.807) is 13.3 Å². The molecule has 1 heterocycles. The molecule has 0 aliphatic heterocycles. The van der Waals surface area contributed by atoms with E-state index >= 15 is 0 Å². The van der Waals surface area contributed by atoms with Crippen LogP contribution in [0.2, 0.25) is 0 Å². The number of hydrogen-bond acceptors (Lipinski definition) is 6. The van der Waals surface area contributed by atoms with Crippen molar-refractivity contribution < 1.29 is 9.47 Å². The maximum absolute atomic E-state index is 5.51. The van der Waals surface area contributed by atoms with Gasteiger partial charge in [0.05, 0.1) is 17.3 Å². The van der Waals surface area contributed by atoms with E-state index in [0.29, 0.717) is 22.9 Å². The van der Waals surface area contributed by atoms with Gasteiger partial charge >= 0.3 is 0 Å². The molecule has 0 saturated heterocycles. The third-order valence-electron chi connectivity index (χ3n) is 1.56. The Morgan fingerprint density at radius 2 is 2.40 bits per heavy atom. The fraction of sp³-hybridized carbons (Fsp3) is 0.500. The Morgan fingerprint density at radius 1 is 1.67 bits per heavy atom. The summed E-state index contributed by atoms with van der Waals surface area (Å²) in [7, 11) is 1.61. The molecule has 1 atom stereocenters. The van der Waals surface area contributed by atoms with Crippen molar-refractivity contribution in [1.82, 2.24) is 9.97 Å². The Morgan fingerprint density at radius 3 is 3.00 bits per heavy atom. The van der Waals surface area contributed by atoms with E-state index in [1.165, 1.54) is 0 Å². The maximum atomic E-state index is 5.51. The molecule has 84 valence electrons. The predicted molar refractivity (Wildman–Crippen MR) is 59.5 cm³/mol. The first kappa shape index (κ1) is 12.2. The average molecular weight is 277 g/mol. The molecule has 0 aromatic carbocycles. The molecule has 0 radical (unpaired) electrons. The molecule has 1 rings (SSSR count). The molecule has 1 aromatic heterocycles. The highest BCUT2D eigenvalue weighted by Gasteiger charge is 2.09. The van der Waals surface area contributed by atoms with Gasteiger partial charge in [-0.25, -0.2) is 10.8 Å². The smallest absolute Gasteiger partial charge is 0.240 e. The summed E-state index contributed by atoms with van der Waals surface area (Å²) >= 11 is 3.28. The number of methoxy groups -OCH3 is 1. The van der Waals surface area contributed by atoms with Crippen LogP contribution in [0.4, 0.5) is 5.95 Å². The van der Waals surface area contributed by atoms with Crippen LogP contribution < -0.4 is 16.0 Å². The fourth-order valence-corrected chi connectivity index (χ4v) is 1.25. The minimum Gasteiger partial charge on any atom is -0.471 e. The van der Waals surface area contributed by atoms with Gasteiger partial charge < -0.3 is 9.47 Å². The van der Waals surface area contributed by atoms with Crippen LogP contribution in [0.15, 0.2) is 10.7 Å². The molecular weight excluding hydrogens is 264 g/mol. The number of halogens is 1. The van der Waals surface area contributed by atoms with Crippen molar-refractivity contribution >= 4 is 21.9 Å². The number of nitrogens with zero attached hydrogens (tertiary/aromatic N) is 2. The Labute approximate surface area is 96.3 Å². The van der Waals surface area contributed by atoms with Crippen LogP contribution in [0.5, 0.6) is 5.88 Å². The molecule has 1 unspecified atom stereocenters. The van der Waals surface area contributed by atoms with Crippen molar-refractivity contribution in [2.75, 3.05) is 19.1 Å². The van der Waals surface area contributed by atoms with E-state index in [2.05, 4.69) is 31.3 Å². The lowest BCUT2D eigenvalue weighted by Gasteiger charge is -2.14. The zero-order valence-electron chi connectivity index (χ0n) is 8.53. The summed E-state index contributed by atoms with van der Waals surface area (Å²) in [4.78, 5) is 7.95. The third-order valence-corrected chi connectivity index (χ3v) is 2.10. The zero-order chi connectivity index (χ0) is 11.3. The second-order valence-electron chi connectivity index (χ2n) is 2.87. The number of ether oxygens (including phenoxy) is 2. The summed E-state index contributed by atoms with van der Waals surface area (Å²) in [6, 6.07) is 0. The van der Waals surface area contributed by atoms with Crippen LogP contribution in [0.25, 0.3) is 0 Å². The van der Waals surface area contributed by atoms with Gasteiger partial charge in [-0.2, -0.15) is 4.98 Å². The van der Waals surface area contributed by atoms with Crippen LogP contribution >= 0.6 is 15.9 Å². The van der Waals surface area contributed by atoms with E-state index in [0.717, 1.165) is 0 Å². The second kappa shape index (κ2) is 5.84.